The van der Waals surface area contributed by atoms with Gasteiger partial charge < -0.3 is 10.2 Å². The second-order valence-corrected chi connectivity index (χ2v) is 6.02. The fourth-order valence-electron chi connectivity index (χ4n) is 3.47. The molecule has 0 aliphatic carbocycles. The first-order chi connectivity index (χ1) is 10.8. The molecule has 4 aromatic rings. The predicted octanol–water partition coefficient (Wildman–Crippen LogP) is 3.73. The molecule has 110 valence electrons. The normalized spacial score (nSPS) is 12.1. The summed E-state index contributed by atoms with van der Waals surface area (Å²) in [6.45, 7) is 0.0248. The number of aliphatic hydroxyl groups excluding tert-OH is 2. The van der Waals surface area contributed by atoms with Gasteiger partial charge in [-0.15, -0.1) is 0 Å². The van der Waals surface area contributed by atoms with Crippen molar-refractivity contribution in [3.63, 3.8) is 0 Å². The van der Waals surface area contributed by atoms with Gasteiger partial charge in [-0.25, -0.2) is 0 Å². The van der Waals surface area contributed by atoms with Crippen molar-refractivity contribution in [3.8, 4) is 0 Å². The first-order valence-electron chi connectivity index (χ1n) is 7.69. The second kappa shape index (κ2) is 5.24. The Labute approximate surface area is 129 Å². The fourth-order valence-corrected chi connectivity index (χ4v) is 3.47. The van der Waals surface area contributed by atoms with Crippen LogP contribution in [-0.2, 0) is 6.42 Å². The minimum Gasteiger partial charge on any atom is -0.396 e. The Morgan fingerprint density at radius 2 is 1.27 bits per heavy atom. The van der Waals surface area contributed by atoms with Crippen molar-refractivity contribution in [2.24, 2.45) is 5.92 Å². The van der Waals surface area contributed by atoms with Crippen LogP contribution >= 0.6 is 0 Å². The molecule has 0 amide bonds. The molecule has 0 spiro atoms. The van der Waals surface area contributed by atoms with E-state index in [2.05, 4.69) is 54.6 Å². The molecular formula is C20H18O2. The molecule has 0 aliphatic rings. The fraction of sp³-hybridized carbons (Fsp3) is 0.200. The third-order valence-electron chi connectivity index (χ3n) is 4.64. The van der Waals surface area contributed by atoms with Crippen molar-refractivity contribution in [3.05, 3.63) is 60.2 Å². The van der Waals surface area contributed by atoms with Gasteiger partial charge in [-0.2, -0.15) is 0 Å². The van der Waals surface area contributed by atoms with Crippen LogP contribution in [0.25, 0.3) is 32.3 Å². The summed E-state index contributed by atoms with van der Waals surface area (Å²) < 4.78 is 0. The highest BCUT2D eigenvalue weighted by molar-refractivity contribution is 6.23. The van der Waals surface area contributed by atoms with Crippen molar-refractivity contribution < 1.29 is 10.2 Å². The average molecular weight is 290 g/mol. The van der Waals surface area contributed by atoms with Gasteiger partial charge in [-0.1, -0.05) is 54.6 Å². The molecule has 4 rings (SSSR count). The van der Waals surface area contributed by atoms with Gasteiger partial charge in [0, 0.05) is 19.1 Å². The maximum absolute atomic E-state index is 9.37. The molecule has 0 atom stereocenters. The monoisotopic (exact) mass is 290 g/mol. The maximum atomic E-state index is 9.37. The number of rotatable bonds is 4. The SMILES string of the molecule is OCC(CO)Cc1ccc2ccc3cccc4ccc1c2c34. The Kier molecular flexibility index (Phi) is 3.21. The number of hydrogen-bond acceptors (Lipinski definition) is 2. The van der Waals surface area contributed by atoms with E-state index in [0.717, 1.165) is 0 Å². The molecule has 0 saturated heterocycles. The van der Waals surface area contributed by atoms with Gasteiger partial charge in [0.2, 0.25) is 0 Å². The number of aliphatic hydroxyl groups is 2. The maximum Gasteiger partial charge on any atom is 0.0484 e. The summed E-state index contributed by atoms with van der Waals surface area (Å²) in [4.78, 5) is 0. The zero-order chi connectivity index (χ0) is 15.1. The Balaban J connectivity index is 2.04. The summed E-state index contributed by atoms with van der Waals surface area (Å²) in [6, 6.07) is 19.4. The lowest BCUT2D eigenvalue weighted by atomic mass is 9.89. The average Bonchev–Trinajstić information content (AvgIpc) is 2.58. The summed E-state index contributed by atoms with van der Waals surface area (Å²) in [5.41, 5.74) is 1.19. The molecule has 22 heavy (non-hydrogen) atoms. The van der Waals surface area contributed by atoms with E-state index in [1.54, 1.807) is 0 Å². The standard InChI is InChI=1S/C20H18O2/c21-11-13(12-22)10-17-7-6-16-5-4-14-2-1-3-15-8-9-18(17)20(16)19(14)15/h1-9,13,21-22H,10-12H2. The molecule has 0 heterocycles. The van der Waals surface area contributed by atoms with Gasteiger partial charge in [0.25, 0.3) is 0 Å². The molecule has 4 aromatic carbocycles. The van der Waals surface area contributed by atoms with Crippen LogP contribution in [0.1, 0.15) is 5.56 Å². The van der Waals surface area contributed by atoms with Crippen LogP contribution < -0.4 is 0 Å². The van der Waals surface area contributed by atoms with Gasteiger partial charge in [-0.05, 0) is 44.3 Å². The largest absolute Gasteiger partial charge is 0.396 e. The highest BCUT2D eigenvalue weighted by Crippen LogP contribution is 2.36. The van der Waals surface area contributed by atoms with Crippen molar-refractivity contribution >= 4 is 32.3 Å². The topological polar surface area (TPSA) is 40.5 Å². The van der Waals surface area contributed by atoms with Crippen molar-refractivity contribution in [2.45, 2.75) is 6.42 Å². The Morgan fingerprint density at radius 3 is 1.95 bits per heavy atom. The molecule has 0 radical (unpaired) electrons. The van der Waals surface area contributed by atoms with Gasteiger partial charge in [0.1, 0.15) is 0 Å². The first-order valence-corrected chi connectivity index (χ1v) is 7.69. The minimum atomic E-state index is -0.0986. The van der Waals surface area contributed by atoms with Crippen LogP contribution in [0.15, 0.2) is 54.6 Å². The van der Waals surface area contributed by atoms with E-state index < -0.39 is 0 Å². The molecule has 0 aliphatic heterocycles. The molecule has 0 fully saturated rings. The molecule has 0 saturated carbocycles. The molecule has 2 nitrogen and oxygen atoms in total. The predicted molar refractivity (Wildman–Crippen MR) is 91.5 cm³/mol. The number of hydrogen-bond donors (Lipinski definition) is 2. The van der Waals surface area contributed by atoms with Crippen LogP contribution in [0.3, 0.4) is 0 Å². The summed E-state index contributed by atoms with van der Waals surface area (Å²) in [5.74, 6) is -0.0986. The van der Waals surface area contributed by atoms with Gasteiger partial charge in [0.15, 0.2) is 0 Å². The van der Waals surface area contributed by atoms with Crippen molar-refractivity contribution in [1.82, 2.24) is 0 Å². The van der Waals surface area contributed by atoms with Crippen LogP contribution in [-0.4, -0.2) is 23.4 Å². The Morgan fingerprint density at radius 1 is 0.682 bits per heavy atom. The van der Waals surface area contributed by atoms with E-state index in [4.69, 9.17) is 0 Å². The Bertz CT molecular complexity index is 922. The lowest BCUT2D eigenvalue weighted by Crippen LogP contribution is -2.14. The lowest BCUT2D eigenvalue weighted by molar-refractivity contribution is 0.150. The third-order valence-corrected chi connectivity index (χ3v) is 4.64. The molecule has 0 aromatic heterocycles. The first kappa shape index (κ1) is 13.5. The van der Waals surface area contributed by atoms with E-state index in [-0.39, 0.29) is 19.1 Å². The van der Waals surface area contributed by atoms with Crippen LogP contribution in [0, 0.1) is 5.92 Å². The zero-order valence-corrected chi connectivity index (χ0v) is 12.3. The minimum absolute atomic E-state index is 0.0124. The molecular weight excluding hydrogens is 272 g/mol. The van der Waals surface area contributed by atoms with Gasteiger partial charge in [0.05, 0.1) is 0 Å². The highest BCUT2D eigenvalue weighted by Gasteiger charge is 2.13. The lowest BCUT2D eigenvalue weighted by Gasteiger charge is -2.16. The van der Waals surface area contributed by atoms with Crippen molar-refractivity contribution in [1.29, 1.82) is 0 Å². The molecule has 0 bridgehead atoms. The van der Waals surface area contributed by atoms with Gasteiger partial charge >= 0.3 is 0 Å². The Hall–Kier alpha value is -2.16. The van der Waals surface area contributed by atoms with Crippen LogP contribution in [0.4, 0.5) is 0 Å². The zero-order valence-electron chi connectivity index (χ0n) is 12.3. The summed E-state index contributed by atoms with van der Waals surface area (Å²) in [5, 5.41) is 26.3. The van der Waals surface area contributed by atoms with Crippen LogP contribution in [0.5, 0.6) is 0 Å². The number of benzene rings is 4. The highest BCUT2D eigenvalue weighted by atomic mass is 16.3. The molecule has 2 N–H and O–H groups in total. The third kappa shape index (κ3) is 1.96. The quantitative estimate of drug-likeness (QED) is 0.562. The van der Waals surface area contributed by atoms with Gasteiger partial charge in [-0.3, -0.25) is 0 Å². The molecule has 0 unspecified atom stereocenters. The van der Waals surface area contributed by atoms with Crippen molar-refractivity contribution in [2.75, 3.05) is 13.2 Å². The van der Waals surface area contributed by atoms with Crippen LogP contribution in [0.2, 0.25) is 0 Å². The van der Waals surface area contributed by atoms with E-state index in [0.29, 0.717) is 6.42 Å². The van der Waals surface area contributed by atoms with E-state index in [9.17, 15) is 10.2 Å². The smallest absolute Gasteiger partial charge is 0.0484 e. The van der Waals surface area contributed by atoms with E-state index in [1.807, 2.05) is 0 Å². The van der Waals surface area contributed by atoms with E-state index >= 15 is 0 Å². The second-order valence-electron chi connectivity index (χ2n) is 6.02. The summed E-state index contributed by atoms with van der Waals surface area (Å²) in [7, 11) is 0. The van der Waals surface area contributed by atoms with E-state index in [1.165, 1.54) is 37.9 Å². The molecule has 2 heteroatoms. The summed E-state index contributed by atoms with van der Waals surface area (Å²) >= 11 is 0. The summed E-state index contributed by atoms with van der Waals surface area (Å²) in [6.07, 6.45) is 0.696.